The summed E-state index contributed by atoms with van der Waals surface area (Å²) in [4.78, 5) is 114. The third-order valence-electron chi connectivity index (χ3n) is 11.8. The zero-order valence-electron chi connectivity index (χ0n) is 45.4. The minimum atomic E-state index is -1.26. The standard InChI is InChI=1S/C51H91N15O8/c1-29(2)25-39(60-33(9)67)47(71)65-41(27-31(5)6)49(73)61-37(16-11-13-23-53)45(69)64-40(26-30(3)4)48(72)62-38(17-14-24-58-51(56)57)46(70)66-42(32(7)8)50(74)63-36(15-10-12-22-52)44(68)59-28-34-18-20-35(21-19-34)43(54)55/h18-21,29-32,36-42H,10-17,22-28,52-53H2,1-9H3,(H3,54,55)(H,59,68)(H,60,67)(H,61,73)(H,62,72)(H,63,74)(H,64,69)(H,65,71)(H,66,70)(H4,56,57,58)/t36-,37-,38-,39-,40-,41-,42-/m0/s1. The van der Waals surface area contributed by atoms with Crippen molar-refractivity contribution in [2.24, 2.45) is 57.3 Å². The molecule has 74 heavy (non-hydrogen) atoms. The molecule has 23 nitrogen and oxygen atoms in total. The van der Waals surface area contributed by atoms with Gasteiger partial charge in [-0.05, 0) is 113 Å². The van der Waals surface area contributed by atoms with Crippen LogP contribution >= 0.6 is 0 Å². The molecule has 0 aliphatic heterocycles. The number of benzene rings is 1. The first-order valence-corrected chi connectivity index (χ1v) is 26.1. The number of carbonyl (C=O) groups is 8. The number of carbonyl (C=O) groups excluding carboxylic acids is 8. The van der Waals surface area contributed by atoms with Crippen LogP contribution < -0.4 is 71.2 Å². The van der Waals surface area contributed by atoms with Gasteiger partial charge in [-0.15, -0.1) is 0 Å². The maximum absolute atomic E-state index is 14.3. The Morgan fingerprint density at radius 1 is 0.500 bits per heavy atom. The minimum Gasteiger partial charge on any atom is -0.384 e. The predicted octanol–water partition coefficient (Wildman–Crippen LogP) is 0.106. The van der Waals surface area contributed by atoms with Crippen molar-refractivity contribution in [1.29, 1.82) is 5.41 Å². The first-order valence-electron chi connectivity index (χ1n) is 26.1. The Balaban J connectivity index is 3.48. The highest BCUT2D eigenvalue weighted by atomic mass is 16.2. The molecule has 0 bridgehead atoms. The quantitative estimate of drug-likeness (QED) is 0.0241. The molecule has 0 aliphatic carbocycles. The van der Waals surface area contributed by atoms with Gasteiger partial charge in [-0.25, -0.2) is 0 Å². The van der Waals surface area contributed by atoms with Gasteiger partial charge in [0.05, 0.1) is 0 Å². The van der Waals surface area contributed by atoms with Crippen molar-refractivity contribution in [3.8, 4) is 0 Å². The zero-order chi connectivity index (χ0) is 56.1. The van der Waals surface area contributed by atoms with Crippen molar-refractivity contribution >= 4 is 59.1 Å². The van der Waals surface area contributed by atoms with E-state index in [1.54, 1.807) is 38.1 Å². The van der Waals surface area contributed by atoms with Crippen molar-refractivity contribution in [2.75, 3.05) is 19.6 Å². The van der Waals surface area contributed by atoms with E-state index in [4.69, 9.17) is 34.1 Å². The Bertz CT molecular complexity index is 1990. The molecule has 23 heteroatoms. The van der Waals surface area contributed by atoms with Gasteiger partial charge < -0.3 is 71.2 Å². The number of nitrogens with one attached hydrogen (secondary N) is 9. The Kier molecular flexibility index (Phi) is 31.0. The summed E-state index contributed by atoms with van der Waals surface area (Å²) in [5.74, 6) is -5.67. The molecule has 7 atom stereocenters. The van der Waals surface area contributed by atoms with Crippen LogP contribution in [0.4, 0.5) is 0 Å². The van der Waals surface area contributed by atoms with Crippen LogP contribution in [0.2, 0.25) is 0 Å². The van der Waals surface area contributed by atoms with E-state index in [0.717, 1.165) is 5.56 Å². The van der Waals surface area contributed by atoms with Crippen LogP contribution in [-0.2, 0) is 44.9 Å². The summed E-state index contributed by atoms with van der Waals surface area (Å²) < 4.78 is 0. The van der Waals surface area contributed by atoms with Crippen LogP contribution in [0.3, 0.4) is 0 Å². The highest BCUT2D eigenvalue weighted by molar-refractivity contribution is 5.98. The van der Waals surface area contributed by atoms with Crippen molar-refractivity contribution in [2.45, 2.75) is 182 Å². The predicted molar refractivity (Wildman–Crippen MR) is 287 cm³/mol. The summed E-state index contributed by atoms with van der Waals surface area (Å²) in [7, 11) is 0. The number of hydrogen-bond acceptors (Lipinski definition) is 12. The molecular formula is C51H91N15O8. The molecule has 0 fully saturated rings. The second kappa shape index (κ2) is 34.9. The van der Waals surface area contributed by atoms with E-state index in [1.807, 2.05) is 41.5 Å². The Hall–Kier alpha value is -6.36. The summed E-state index contributed by atoms with van der Waals surface area (Å²) in [5.41, 5.74) is 29.5. The van der Waals surface area contributed by atoms with Gasteiger partial charge in [-0.3, -0.25) is 48.8 Å². The number of rotatable bonds is 36. The normalized spacial score (nSPS) is 14.1. The molecule has 0 spiro atoms. The maximum Gasteiger partial charge on any atom is 0.243 e. The molecule has 0 aromatic heterocycles. The maximum atomic E-state index is 14.3. The van der Waals surface area contributed by atoms with E-state index in [0.29, 0.717) is 50.8 Å². The van der Waals surface area contributed by atoms with Crippen molar-refractivity contribution < 1.29 is 38.4 Å². The SMILES string of the molecule is CC(=O)N[C@@H](CC(C)C)C(=O)N[C@@H](CC(C)C)C(=O)N[C@@H](CCCCN)C(=O)N[C@@H](CC(C)C)C(=O)N[C@@H](CCCN=C(N)N)C(=O)N[C@H](C(=O)N[C@@H](CCCCN)C(=O)NCc1ccc(C(=N)N)cc1)C(C)C. The highest BCUT2D eigenvalue weighted by Crippen LogP contribution is 2.14. The molecule has 418 valence electrons. The average molecular weight is 1040 g/mol. The van der Waals surface area contributed by atoms with Gasteiger partial charge in [0.25, 0.3) is 0 Å². The molecular weight excluding hydrogens is 951 g/mol. The van der Waals surface area contributed by atoms with Crippen molar-refractivity contribution in [1.82, 2.24) is 42.5 Å². The molecule has 0 heterocycles. The Labute approximate surface area is 438 Å². The van der Waals surface area contributed by atoms with Gasteiger partial charge in [0, 0.05) is 25.6 Å². The third kappa shape index (κ3) is 26.5. The fourth-order valence-corrected chi connectivity index (χ4v) is 7.90. The van der Waals surface area contributed by atoms with Gasteiger partial charge >= 0.3 is 0 Å². The second-order valence-corrected chi connectivity index (χ2v) is 20.5. The molecule has 0 aliphatic rings. The average Bonchev–Trinajstić information content (AvgIpc) is 3.31. The summed E-state index contributed by atoms with van der Waals surface area (Å²) in [5, 5.41) is 29.9. The summed E-state index contributed by atoms with van der Waals surface area (Å²) >= 11 is 0. The van der Waals surface area contributed by atoms with Gasteiger partial charge in [-0.1, -0.05) is 79.7 Å². The van der Waals surface area contributed by atoms with Crippen LogP contribution in [0, 0.1) is 29.1 Å². The summed E-state index contributed by atoms with van der Waals surface area (Å²) in [6.45, 7) is 16.9. The van der Waals surface area contributed by atoms with Crippen LogP contribution in [0.5, 0.6) is 0 Å². The number of nitrogens with two attached hydrogens (primary N) is 5. The van der Waals surface area contributed by atoms with E-state index in [9.17, 15) is 38.4 Å². The minimum absolute atomic E-state index is 0.0152. The van der Waals surface area contributed by atoms with E-state index < -0.39 is 95.5 Å². The lowest BCUT2D eigenvalue weighted by molar-refractivity contribution is -0.136. The summed E-state index contributed by atoms with van der Waals surface area (Å²) in [6.07, 6.45) is 3.42. The lowest BCUT2D eigenvalue weighted by atomic mass is 9.98. The van der Waals surface area contributed by atoms with Gasteiger partial charge in [0.15, 0.2) is 5.96 Å². The molecule has 1 rings (SSSR count). The molecule has 0 saturated heterocycles. The van der Waals surface area contributed by atoms with Crippen LogP contribution in [0.25, 0.3) is 0 Å². The molecule has 1 aromatic carbocycles. The fourth-order valence-electron chi connectivity index (χ4n) is 7.90. The lowest BCUT2D eigenvalue weighted by Crippen LogP contribution is -2.60. The lowest BCUT2D eigenvalue weighted by Gasteiger charge is -2.29. The van der Waals surface area contributed by atoms with Crippen LogP contribution in [0.15, 0.2) is 29.3 Å². The van der Waals surface area contributed by atoms with E-state index in [2.05, 4.69) is 47.5 Å². The van der Waals surface area contributed by atoms with E-state index in [-0.39, 0.29) is 81.2 Å². The van der Waals surface area contributed by atoms with Crippen LogP contribution in [0.1, 0.15) is 144 Å². The number of amides is 8. The van der Waals surface area contributed by atoms with Gasteiger partial charge in [-0.2, -0.15) is 0 Å². The molecule has 0 unspecified atom stereocenters. The Morgan fingerprint density at radius 2 is 0.878 bits per heavy atom. The van der Waals surface area contributed by atoms with Crippen molar-refractivity contribution in [3.05, 3.63) is 35.4 Å². The van der Waals surface area contributed by atoms with Gasteiger partial charge in [0.1, 0.15) is 48.1 Å². The van der Waals surface area contributed by atoms with Crippen molar-refractivity contribution in [3.63, 3.8) is 0 Å². The number of hydrogen-bond donors (Lipinski definition) is 14. The third-order valence-corrected chi connectivity index (χ3v) is 11.8. The number of nitrogen functional groups attached to an aromatic ring is 1. The fraction of sp³-hybridized carbons (Fsp3) is 0.686. The van der Waals surface area contributed by atoms with Gasteiger partial charge in [0.2, 0.25) is 47.3 Å². The molecule has 0 saturated carbocycles. The Morgan fingerprint density at radius 3 is 1.27 bits per heavy atom. The largest absolute Gasteiger partial charge is 0.384 e. The highest BCUT2D eigenvalue weighted by Gasteiger charge is 2.35. The smallest absolute Gasteiger partial charge is 0.243 e. The molecule has 8 amide bonds. The number of nitrogens with zero attached hydrogens (tertiary/aromatic N) is 1. The second-order valence-electron chi connectivity index (χ2n) is 20.5. The molecule has 19 N–H and O–H groups in total. The van der Waals surface area contributed by atoms with E-state index in [1.165, 1.54) is 6.92 Å². The number of aliphatic imine (C=N–C) groups is 1. The van der Waals surface area contributed by atoms with E-state index >= 15 is 0 Å². The summed E-state index contributed by atoms with van der Waals surface area (Å²) in [6, 6.07) is -0.933. The number of amidine groups is 1. The zero-order valence-corrected chi connectivity index (χ0v) is 45.4. The van der Waals surface area contributed by atoms with Crippen LogP contribution in [-0.4, -0.2) is 121 Å². The topological polar surface area (TPSA) is 399 Å². The first-order chi connectivity index (χ1) is 34.8. The molecule has 0 radical (unpaired) electrons. The monoisotopic (exact) mass is 1040 g/mol. The number of unbranched alkanes of at least 4 members (excludes halogenated alkanes) is 2. The molecule has 1 aromatic rings. The first kappa shape index (κ1) is 65.7. The number of guanidine groups is 1.